The molecule has 1 atom stereocenters. The SMILES string of the molecule is CCOC(=O)c1ccc(NC(=O)C(C)Cc2ccccc2)cc1. The van der Waals surface area contributed by atoms with Crippen molar-refractivity contribution in [3.8, 4) is 0 Å². The van der Waals surface area contributed by atoms with Crippen molar-refractivity contribution in [2.45, 2.75) is 20.3 Å². The van der Waals surface area contributed by atoms with Gasteiger partial charge in [0.25, 0.3) is 0 Å². The van der Waals surface area contributed by atoms with Crippen LogP contribution in [0.1, 0.15) is 29.8 Å². The van der Waals surface area contributed by atoms with E-state index in [9.17, 15) is 9.59 Å². The number of hydrogen-bond acceptors (Lipinski definition) is 3. The number of ether oxygens (including phenoxy) is 1. The van der Waals surface area contributed by atoms with Crippen molar-refractivity contribution >= 4 is 17.6 Å². The largest absolute Gasteiger partial charge is 0.462 e. The van der Waals surface area contributed by atoms with Crippen LogP contribution in [0.5, 0.6) is 0 Å². The van der Waals surface area contributed by atoms with Gasteiger partial charge in [-0.1, -0.05) is 37.3 Å². The highest BCUT2D eigenvalue weighted by atomic mass is 16.5. The van der Waals surface area contributed by atoms with Gasteiger partial charge in [0.2, 0.25) is 5.91 Å². The van der Waals surface area contributed by atoms with Crippen LogP contribution < -0.4 is 5.32 Å². The number of anilines is 1. The number of carbonyl (C=O) groups excluding carboxylic acids is 2. The van der Waals surface area contributed by atoms with Gasteiger partial charge in [-0.05, 0) is 43.2 Å². The number of benzene rings is 2. The summed E-state index contributed by atoms with van der Waals surface area (Å²) in [6.45, 7) is 4.00. The molecule has 0 aliphatic carbocycles. The van der Waals surface area contributed by atoms with Crippen LogP contribution in [0.3, 0.4) is 0 Å². The summed E-state index contributed by atoms with van der Waals surface area (Å²) in [4.78, 5) is 23.8. The predicted molar refractivity (Wildman–Crippen MR) is 90.3 cm³/mol. The van der Waals surface area contributed by atoms with Gasteiger partial charge in [0.15, 0.2) is 0 Å². The van der Waals surface area contributed by atoms with Gasteiger partial charge in [-0.3, -0.25) is 4.79 Å². The third kappa shape index (κ3) is 4.95. The zero-order valence-corrected chi connectivity index (χ0v) is 13.4. The van der Waals surface area contributed by atoms with E-state index in [1.165, 1.54) is 0 Å². The minimum Gasteiger partial charge on any atom is -0.462 e. The van der Waals surface area contributed by atoms with Crippen LogP contribution in [0.4, 0.5) is 5.69 Å². The maximum absolute atomic E-state index is 12.2. The Hall–Kier alpha value is -2.62. The normalized spacial score (nSPS) is 11.6. The number of rotatable bonds is 6. The van der Waals surface area contributed by atoms with Gasteiger partial charge < -0.3 is 10.1 Å². The molecule has 0 bridgehead atoms. The van der Waals surface area contributed by atoms with Crippen LogP contribution in [0.2, 0.25) is 0 Å². The van der Waals surface area contributed by atoms with Gasteiger partial charge >= 0.3 is 5.97 Å². The first-order valence-corrected chi connectivity index (χ1v) is 7.72. The highest BCUT2D eigenvalue weighted by Gasteiger charge is 2.14. The molecule has 1 N–H and O–H groups in total. The molecular weight excluding hydrogens is 290 g/mol. The van der Waals surface area contributed by atoms with E-state index < -0.39 is 0 Å². The molecule has 0 heterocycles. The molecule has 2 rings (SSSR count). The standard InChI is InChI=1S/C19H21NO3/c1-3-23-19(22)16-9-11-17(12-10-16)20-18(21)14(2)13-15-7-5-4-6-8-15/h4-12,14H,3,13H2,1-2H3,(H,20,21). The Labute approximate surface area is 136 Å². The Balaban J connectivity index is 1.93. The van der Waals surface area contributed by atoms with E-state index in [0.29, 0.717) is 24.3 Å². The quantitative estimate of drug-likeness (QED) is 0.828. The second-order valence-corrected chi connectivity index (χ2v) is 5.38. The zero-order valence-electron chi connectivity index (χ0n) is 13.4. The first-order valence-electron chi connectivity index (χ1n) is 7.72. The van der Waals surface area contributed by atoms with Gasteiger partial charge in [0, 0.05) is 11.6 Å². The minimum absolute atomic E-state index is 0.0438. The first kappa shape index (κ1) is 16.7. The van der Waals surface area contributed by atoms with Gasteiger partial charge in [0.1, 0.15) is 0 Å². The lowest BCUT2D eigenvalue weighted by molar-refractivity contribution is -0.119. The molecular formula is C19H21NO3. The third-order valence-corrected chi connectivity index (χ3v) is 3.50. The maximum atomic E-state index is 12.2. The van der Waals surface area contributed by atoms with Crippen molar-refractivity contribution in [3.05, 3.63) is 65.7 Å². The topological polar surface area (TPSA) is 55.4 Å². The second kappa shape index (κ2) is 8.13. The molecule has 1 amide bonds. The lowest BCUT2D eigenvalue weighted by Gasteiger charge is -2.12. The summed E-state index contributed by atoms with van der Waals surface area (Å²) < 4.78 is 4.93. The van der Waals surface area contributed by atoms with E-state index in [-0.39, 0.29) is 17.8 Å². The lowest BCUT2D eigenvalue weighted by Crippen LogP contribution is -2.22. The van der Waals surface area contributed by atoms with E-state index in [1.54, 1.807) is 31.2 Å². The molecule has 4 nitrogen and oxygen atoms in total. The molecule has 0 saturated carbocycles. The summed E-state index contributed by atoms with van der Waals surface area (Å²) >= 11 is 0. The monoisotopic (exact) mass is 311 g/mol. The van der Waals surface area contributed by atoms with Crippen LogP contribution in [0, 0.1) is 5.92 Å². The molecule has 1 unspecified atom stereocenters. The number of nitrogens with one attached hydrogen (secondary N) is 1. The van der Waals surface area contributed by atoms with Crippen molar-refractivity contribution < 1.29 is 14.3 Å². The number of carbonyl (C=O) groups is 2. The van der Waals surface area contributed by atoms with Crippen molar-refractivity contribution in [2.75, 3.05) is 11.9 Å². The fraction of sp³-hybridized carbons (Fsp3) is 0.263. The molecule has 0 aliphatic heterocycles. The molecule has 2 aromatic carbocycles. The van der Waals surface area contributed by atoms with E-state index in [0.717, 1.165) is 5.56 Å². The smallest absolute Gasteiger partial charge is 0.338 e. The Morgan fingerprint density at radius 1 is 1.04 bits per heavy atom. The van der Waals surface area contributed by atoms with Gasteiger partial charge in [-0.2, -0.15) is 0 Å². The lowest BCUT2D eigenvalue weighted by atomic mass is 10.0. The summed E-state index contributed by atoms with van der Waals surface area (Å²) in [5.74, 6) is -0.539. The average molecular weight is 311 g/mol. The average Bonchev–Trinajstić information content (AvgIpc) is 2.56. The van der Waals surface area contributed by atoms with Crippen molar-refractivity contribution in [2.24, 2.45) is 5.92 Å². The van der Waals surface area contributed by atoms with E-state index in [1.807, 2.05) is 37.3 Å². The molecule has 0 fully saturated rings. The van der Waals surface area contributed by atoms with Crippen molar-refractivity contribution in [1.82, 2.24) is 0 Å². The molecule has 0 aromatic heterocycles. The minimum atomic E-state index is -0.358. The van der Waals surface area contributed by atoms with Crippen LogP contribution in [0.25, 0.3) is 0 Å². The van der Waals surface area contributed by atoms with Crippen LogP contribution in [-0.2, 0) is 16.0 Å². The van der Waals surface area contributed by atoms with Gasteiger partial charge in [-0.15, -0.1) is 0 Å². The third-order valence-electron chi connectivity index (χ3n) is 3.50. The highest BCUT2D eigenvalue weighted by Crippen LogP contribution is 2.14. The van der Waals surface area contributed by atoms with Crippen LogP contribution >= 0.6 is 0 Å². The molecule has 2 aromatic rings. The Morgan fingerprint density at radius 2 is 1.70 bits per heavy atom. The molecule has 0 radical (unpaired) electrons. The molecule has 23 heavy (non-hydrogen) atoms. The molecule has 120 valence electrons. The van der Waals surface area contributed by atoms with E-state index in [4.69, 9.17) is 4.74 Å². The summed E-state index contributed by atoms with van der Waals surface area (Å²) in [6, 6.07) is 16.6. The first-order chi connectivity index (χ1) is 11.1. The van der Waals surface area contributed by atoms with Gasteiger partial charge in [-0.25, -0.2) is 4.79 Å². The summed E-state index contributed by atoms with van der Waals surface area (Å²) in [5.41, 5.74) is 2.28. The molecule has 0 saturated heterocycles. The number of hydrogen-bond donors (Lipinski definition) is 1. The summed E-state index contributed by atoms with van der Waals surface area (Å²) in [6.07, 6.45) is 0.688. The fourth-order valence-electron chi connectivity index (χ4n) is 2.23. The molecule has 0 aliphatic rings. The highest BCUT2D eigenvalue weighted by molar-refractivity contribution is 5.94. The van der Waals surface area contributed by atoms with E-state index >= 15 is 0 Å². The predicted octanol–water partition coefficient (Wildman–Crippen LogP) is 3.68. The summed E-state index contributed by atoms with van der Waals surface area (Å²) in [5, 5.41) is 2.87. The van der Waals surface area contributed by atoms with Crippen molar-refractivity contribution in [1.29, 1.82) is 0 Å². The Kier molecular flexibility index (Phi) is 5.92. The number of esters is 1. The zero-order chi connectivity index (χ0) is 16.7. The summed E-state index contributed by atoms with van der Waals surface area (Å²) in [7, 11) is 0. The Morgan fingerprint density at radius 3 is 2.30 bits per heavy atom. The van der Waals surface area contributed by atoms with E-state index in [2.05, 4.69) is 5.32 Å². The molecule has 0 spiro atoms. The number of amides is 1. The fourth-order valence-corrected chi connectivity index (χ4v) is 2.23. The maximum Gasteiger partial charge on any atom is 0.338 e. The second-order valence-electron chi connectivity index (χ2n) is 5.38. The van der Waals surface area contributed by atoms with Gasteiger partial charge in [0.05, 0.1) is 12.2 Å². The Bertz CT molecular complexity index is 650. The molecule has 4 heteroatoms. The van der Waals surface area contributed by atoms with Crippen LogP contribution in [-0.4, -0.2) is 18.5 Å². The van der Waals surface area contributed by atoms with Crippen molar-refractivity contribution in [3.63, 3.8) is 0 Å². The van der Waals surface area contributed by atoms with Crippen LogP contribution in [0.15, 0.2) is 54.6 Å².